The largest absolute Gasteiger partial charge is 0.461 e. The van der Waals surface area contributed by atoms with Crippen molar-refractivity contribution in [1.29, 1.82) is 0 Å². The van der Waals surface area contributed by atoms with E-state index in [1.807, 2.05) is 62.1 Å². The lowest BCUT2D eigenvalue weighted by molar-refractivity contribution is 0.0602. The number of carbonyl (C=O) groups excluding carboxylic acids is 1. The van der Waals surface area contributed by atoms with Crippen molar-refractivity contribution in [3.63, 3.8) is 0 Å². The van der Waals surface area contributed by atoms with E-state index in [0.29, 0.717) is 30.1 Å². The summed E-state index contributed by atoms with van der Waals surface area (Å²) >= 11 is 0. The predicted molar refractivity (Wildman–Crippen MR) is 105 cm³/mol. The molecule has 136 valence electrons. The van der Waals surface area contributed by atoms with Gasteiger partial charge >= 0.3 is 0 Å². The fourth-order valence-electron chi connectivity index (χ4n) is 4.08. The number of aliphatic imine (C=N–C) groups is 1. The van der Waals surface area contributed by atoms with Gasteiger partial charge in [-0.2, -0.15) is 0 Å². The van der Waals surface area contributed by atoms with Crippen LogP contribution in [0.3, 0.4) is 0 Å². The van der Waals surface area contributed by atoms with Crippen molar-refractivity contribution in [2.75, 3.05) is 11.4 Å². The fraction of sp³-hybridized carbons (Fsp3) is 0.273. The van der Waals surface area contributed by atoms with Gasteiger partial charge in [0.15, 0.2) is 5.60 Å². The smallest absolute Gasteiger partial charge is 0.204 e. The minimum atomic E-state index is -1.56. The van der Waals surface area contributed by atoms with Crippen LogP contribution in [0.25, 0.3) is 11.0 Å². The Balaban J connectivity index is 1.66. The molecule has 0 unspecified atom stereocenters. The van der Waals surface area contributed by atoms with Crippen LogP contribution in [-0.2, 0) is 0 Å². The fourth-order valence-corrected chi connectivity index (χ4v) is 4.08. The van der Waals surface area contributed by atoms with Gasteiger partial charge in [0, 0.05) is 29.6 Å². The highest BCUT2D eigenvalue weighted by Gasteiger charge is 2.52. The first kappa shape index (κ1) is 16.3. The maximum atomic E-state index is 13.1. The van der Waals surface area contributed by atoms with E-state index in [1.165, 1.54) is 0 Å². The minimum Gasteiger partial charge on any atom is -0.461 e. The summed E-state index contributed by atoms with van der Waals surface area (Å²) in [7, 11) is 0. The summed E-state index contributed by atoms with van der Waals surface area (Å²) in [6, 6.07) is 11.6. The molecule has 0 aliphatic carbocycles. The summed E-state index contributed by atoms with van der Waals surface area (Å²) < 4.78 is 5.65. The second kappa shape index (κ2) is 5.30. The molecule has 27 heavy (non-hydrogen) atoms. The summed E-state index contributed by atoms with van der Waals surface area (Å²) in [4.78, 5) is 19.8. The molecule has 1 saturated heterocycles. The van der Waals surface area contributed by atoms with Crippen LogP contribution in [0.15, 0.2) is 45.8 Å². The number of benzene rings is 2. The zero-order chi connectivity index (χ0) is 18.9. The number of hydrogen-bond donors (Lipinski definition) is 1. The molecule has 1 fully saturated rings. The van der Waals surface area contributed by atoms with Gasteiger partial charge in [0.2, 0.25) is 5.78 Å². The first-order valence-corrected chi connectivity index (χ1v) is 9.12. The molecule has 1 aromatic heterocycles. The van der Waals surface area contributed by atoms with E-state index in [2.05, 4.69) is 0 Å². The number of nitrogens with zero attached hydrogens (tertiary/aromatic N) is 2. The Morgan fingerprint density at radius 3 is 2.70 bits per heavy atom. The number of rotatable bonds is 1. The quantitative estimate of drug-likeness (QED) is 0.705. The van der Waals surface area contributed by atoms with E-state index in [9.17, 15) is 9.90 Å². The molecule has 0 bridgehead atoms. The van der Waals surface area contributed by atoms with E-state index in [1.54, 1.807) is 0 Å². The third kappa shape index (κ3) is 2.21. The van der Waals surface area contributed by atoms with Gasteiger partial charge in [-0.1, -0.05) is 0 Å². The van der Waals surface area contributed by atoms with Gasteiger partial charge in [-0.15, -0.1) is 0 Å². The van der Waals surface area contributed by atoms with E-state index < -0.39 is 5.60 Å². The van der Waals surface area contributed by atoms with Crippen molar-refractivity contribution in [3.05, 3.63) is 58.8 Å². The number of amidine groups is 1. The molecule has 0 spiro atoms. The molecule has 5 heteroatoms. The van der Waals surface area contributed by atoms with Gasteiger partial charge in [0.25, 0.3) is 0 Å². The first-order valence-electron chi connectivity index (χ1n) is 9.12. The molecule has 3 heterocycles. The highest BCUT2D eigenvalue weighted by Crippen LogP contribution is 2.40. The van der Waals surface area contributed by atoms with Crippen molar-refractivity contribution in [2.45, 2.75) is 32.8 Å². The number of anilines is 1. The van der Waals surface area contributed by atoms with Gasteiger partial charge in [0.1, 0.15) is 17.2 Å². The molecule has 5 nitrogen and oxygen atoms in total. The third-order valence-corrected chi connectivity index (χ3v) is 5.72. The second-order valence-corrected chi connectivity index (χ2v) is 7.56. The summed E-state index contributed by atoms with van der Waals surface area (Å²) in [5.41, 5.74) is 3.41. The van der Waals surface area contributed by atoms with Crippen molar-refractivity contribution < 1.29 is 14.3 Å². The predicted octanol–water partition coefficient (Wildman–Crippen LogP) is 4.23. The molecule has 0 radical (unpaired) electrons. The number of fused-ring (bicyclic) bond motifs is 3. The maximum Gasteiger partial charge on any atom is 0.204 e. The van der Waals surface area contributed by atoms with Crippen LogP contribution in [0, 0.1) is 20.8 Å². The van der Waals surface area contributed by atoms with Crippen molar-refractivity contribution in [2.24, 2.45) is 4.99 Å². The molecule has 5 rings (SSSR count). The molecule has 1 atom stereocenters. The monoisotopic (exact) mass is 360 g/mol. The number of carbonyl (C=O) groups is 1. The average molecular weight is 360 g/mol. The summed E-state index contributed by atoms with van der Waals surface area (Å²) in [5.74, 6) is 1.01. The van der Waals surface area contributed by atoms with Crippen molar-refractivity contribution in [3.8, 4) is 0 Å². The normalized spacial score (nSPS) is 21.4. The Hall–Kier alpha value is -2.92. The summed E-state index contributed by atoms with van der Waals surface area (Å²) in [6.07, 6.45) is 0.333. The zero-order valence-corrected chi connectivity index (χ0v) is 15.5. The highest BCUT2D eigenvalue weighted by molar-refractivity contribution is 6.28. The molecule has 2 aromatic carbocycles. The lowest BCUT2D eigenvalue weighted by atomic mass is 9.86. The first-order chi connectivity index (χ1) is 12.9. The van der Waals surface area contributed by atoms with Crippen molar-refractivity contribution >= 4 is 34.0 Å². The minimum absolute atomic E-state index is 0.256. The molecule has 0 saturated carbocycles. The highest BCUT2D eigenvalue weighted by atomic mass is 16.3. The van der Waals surface area contributed by atoms with Gasteiger partial charge in [-0.3, -0.25) is 4.79 Å². The molecular formula is C22H20N2O3. The van der Waals surface area contributed by atoms with Crippen LogP contribution in [-0.4, -0.2) is 28.9 Å². The number of furan rings is 1. The number of aliphatic hydroxyl groups is 1. The zero-order valence-electron chi connectivity index (χ0n) is 15.5. The van der Waals surface area contributed by atoms with Crippen LogP contribution in [0.2, 0.25) is 0 Å². The number of aryl methyl sites for hydroxylation is 3. The Kier molecular flexibility index (Phi) is 3.19. The van der Waals surface area contributed by atoms with Gasteiger partial charge in [-0.25, -0.2) is 4.99 Å². The van der Waals surface area contributed by atoms with Crippen LogP contribution in [0.4, 0.5) is 11.4 Å². The van der Waals surface area contributed by atoms with Crippen molar-refractivity contribution in [1.82, 2.24) is 0 Å². The lowest BCUT2D eigenvalue weighted by Gasteiger charge is -2.30. The van der Waals surface area contributed by atoms with Gasteiger partial charge in [0.05, 0.1) is 5.69 Å². The summed E-state index contributed by atoms with van der Waals surface area (Å²) in [6.45, 7) is 6.42. The molecular weight excluding hydrogens is 340 g/mol. The number of hydrogen-bond acceptors (Lipinski definition) is 5. The Morgan fingerprint density at radius 1 is 1.11 bits per heavy atom. The number of Topliss-reactive ketones (excluding diaryl/α,β-unsaturated/α-hetero) is 1. The molecule has 2 aliphatic heterocycles. The summed E-state index contributed by atoms with van der Waals surface area (Å²) in [5, 5.41) is 12.2. The van der Waals surface area contributed by atoms with Crippen LogP contribution in [0.1, 0.15) is 33.7 Å². The maximum absolute atomic E-state index is 13.1. The lowest BCUT2D eigenvalue weighted by Crippen LogP contribution is -2.48. The van der Waals surface area contributed by atoms with Crippen LogP contribution >= 0.6 is 0 Å². The average Bonchev–Trinajstić information content (AvgIpc) is 3.16. The van der Waals surface area contributed by atoms with Gasteiger partial charge in [-0.05, 0) is 68.3 Å². The molecule has 0 amide bonds. The van der Waals surface area contributed by atoms with E-state index in [4.69, 9.17) is 9.41 Å². The van der Waals surface area contributed by atoms with E-state index >= 15 is 0 Å². The number of ketones is 1. The van der Waals surface area contributed by atoms with E-state index in [-0.39, 0.29) is 5.78 Å². The SMILES string of the molecule is Cc1cc2cc(N3CC[C@@]4(O)C(=O)c5cc(C)c(C)cc5N=C34)ccc2o1. The van der Waals surface area contributed by atoms with Crippen LogP contribution in [0.5, 0.6) is 0 Å². The second-order valence-electron chi connectivity index (χ2n) is 7.56. The Bertz CT molecular complexity index is 1160. The Labute approximate surface area is 156 Å². The van der Waals surface area contributed by atoms with Gasteiger partial charge < -0.3 is 14.4 Å². The Morgan fingerprint density at radius 2 is 1.89 bits per heavy atom. The van der Waals surface area contributed by atoms with E-state index in [0.717, 1.165) is 33.5 Å². The third-order valence-electron chi connectivity index (χ3n) is 5.72. The topological polar surface area (TPSA) is 66.0 Å². The molecule has 3 aromatic rings. The molecule has 1 N–H and O–H groups in total. The van der Waals surface area contributed by atoms with Crippen LogP contribution < -0.4 is 4.90 Å². The standard InChI is InChI=1S/C22H20N2O3/c1-12-8-17-18(9-13(12)2)23-21-22(26,20(17)25)6-7-24(21)16-4-5-19-15(11-16)10-14(3)27-19/h4-5,8-11,26H,6-7H2,1-3H3/t22-/m1/s1. The molecule has 2 aliphatic rings.